The van der Waals surface area contributed by atoms with Crippen molar-refractivity contribution in [3.8, 4) is 0 Å². The van der Waals surface area contributed by atoms with Gasteiger partial charge in [-0.1, -0.05) is 6.92 Å². The van der Waals surface area contributed by atoms with Gasteiger partial charge in [-0.15, -0.1) is 0 Å². The van der Waals surface area contributed by atoms with E-state index in [9.17, 15) is 12.8 Å². The van der Waals surface area contributed by atoms with Gasteiger partial charge >= 0.3 is 0 Å². The molecule has 1 heterocycles. The number of nitrogens with zero attached hydrogens (tertiary/aromatic N) is 1. The van der Waals surface area contributed by atoms with Crippen LogP contribution in [-0.4, -0.2) is 39.0 Å². The van der Waals surface area contributed by atoms with Crippen molar-refractivity contribution in [2.24, 2.45) is 5.92 Å². The summed E-state index contributed by atoms with van der Waals surface area (Å²) in [6, 6.07) is 2.23. The molecule has 1 fully saturated rings. The van der Waals surface area contributed by atoms with E-state index >= 15 is 0 Å². The van der Waals surface area contributed by atoms with Crippen molar-refractivity contribution in [1.29, 1.82) is 0 Å². The summed E-state index contributed by atoms with van der Waals surface area (Å²) in [5.74, 6) is -0.454. The van der Waals surface area contributed by atoms with E-state index in [0.29, 0.717) is 26.3 Å². The lowest BCUT2D eigenvalue weighted by Crippen LogP contribution is -2.35. The highest BCUT2D eigenvalue weighted by Crippen LogP contribution is 2.30. The Bertz CT molecular complexity index is 618. The largest absolute Gasteiger partial charge is 0.396 e. The molecule has 1 saturated heterocycles. The van der Waals surface area contributed by atoms with Gasteiger partial charge in [-0.2, -0.15) is 4.31 Å². The minimum atomic E-state index is -3.72. The highest BCUT2D eigenvalue weighted by molar-refractivity contribution is 9.10. The van der Waals surface area contributed by atoms with Crippen molar-refractivity contribution in [3.05, 3.63) is 22.4 Å². The summed E-state index contributed by atoms with van der Waals surface area (Å²) in [4.78, 5) is -0.0119. The van der Waals surface area contributed by atoms with Crippen molar-refractivity contribution in [3.63, 3.8) is 0 Å². The molecule has 1 aliphatic rings. The molecule has 2 N–H and O–H groups in total. The van der Waals surface area contributed by atoms with Crippen molar-refractivity contribution >= 4 is 31.6 Å². The fourth-order valence-corrected chi connectivity index (χ4v) is 4.83. The quantitative estimate of drug-likeness (QED) is 0.794. The molecule has 1 atom stereocenters. The smallest absolute Gasteiger partial charge is 0.244 e. The molecule has 1 aliphatic heterocycles. The molecule has 0 bridgehead atoms. The van der Waals surface area contributed by atoms with Crippen LogP contribution in [0.4, 0.5) is 10.1 Å². The second-order valence-corrected chi connectivity index (χ2v) is 7.75. The summed E-state index contributed by atoms with van der Waals surface area (Å²) in [7, 11) is -3.72. The molecule has 0 aromatic heterocycles. The number of nitrogen functional groups attached to an aromatic ring is 1. The first-order valence-corrected chi connectivity index (χ1v) is 8.92. The molecule has 1 unspecified atom stereocenters. The van der Waals surface area contributed by atoms with Crippen LogP contribution < -0.4 is 5.73 Å². The van der Waals surface area contributed by atoms with Crippen molar-refractivity contribution in [1.82, 2.24) is 4.31 Å². The molecule has 5 nitrogen and oxygen atoms in total. The van der Waals surface area contributed by atoms with E-state index in [-0.39, 0.29) is 21.0 Å². The van der Waals surface area contributed by atoms with Crippen LogP contribution in [0.5, 0.6) is 0 Å². The third kappa shape index (κ3) is 3.56. The lowest BCUT2D eigenvalue weighted by molar-refractivity contribution is 0.181. The van der Waals surface area contributed by atoms with Gasteiger partial charge in [0.25, 0.3) is 0 Å². The molecule has 0 aliphatic carbocycles. The van der Waals surface area contributed by atoms with Gasteiger partial charge in [-0.3, -0.25) is 0 Å². The zero-order valence-corrected chi connectivity index (χ0v) is 14.1. The van der Waals surface area contributed by atoms with E-state index in [2.05, 4.69) is 15.9 Å². The molecular weight excluding hydrogens is 363 g/mol. The van der Waals surface area contributed by atoms with Crippen molar-refractivity contribution in [2.45, 2.75) is 18.2 Å². The Morgan fingerprint density at radius 3 is 2.81 bits per heavy atom. The van der Waals surface area contributed by atoms with Crippen molar-refractivity contribution < 1.29 is 17.5 Å². The summed E-state index contributed by atoms with van der Waals surface area (Å²) in [5, 5.41) is 0. The van der Waals surface area contributed by atoms with E-state index in [1.54, 1.807) is 6.92 Å². The number of rotatable bonds is 5. The van der Waals surface area contributed by atoms with Crippen LogP contribution in [0.15, 0.2) is 21.5 Å². The van der Waals surface area contributed by atoms with Crippen LogP contribution >= 0.6 is 15.9 Å². The third-order valence-corrected chi connectivity index (χ3v) is 6.41. The number of benzene rings is 1. The molecule has 118 valence electrons. The molecule has 0 saturated carbocycles. The van der Waals surface area contributed by atoms with Gasteiger partial charge in [0, 0.05) is 24.2 Å². The molecule has 21 heavy (non-hydrogen) atoms. The van der Waals surface area contributed by atoms with E-state index < -0.39 is 15.8 Å². The van der Waals surface area contributed by atoms with Gasteiger partial charge in [0.2, 0.25) is 10.0 Å². The topological polar surface area (TPSA) is 72.6 Å². The molecule has 2 rings (SSSR count). The standard InChI is InChI=1S/C13H18BrFN2O3S/c1-2-17(7-9-3-4-20-8-9)21(18,19)13-6-12(16)11(15)5-10(13)14/h5-6,9H,2-4,7-8,16H2,1H3. The SMILES string of the molecule is CCN(CC1CCOC1)S(=O)(=O)c1cc(N)c(F)cc1Br. The maximum Gasteiger partial charge on any atom is 0.244 e. The molecule has 1 aromatic rings. The predicted molar refractivity (Wildman–Crippen MR) is 81.9 cm³/mol. The number of nitrogens with two attached hydrogens (primary N) is 1. The summed E-state index contributed by atoms with van der Waals surface area (Å²) in [6.45, 7) is 3.73. The van der Waals surface area contributed by atoms with Gasteiger partial charge in [0.05, 0.1) is 17.2 Å². The Labute approximate surface area is 132 Å². The molecule has 8 heteroatoms. The second kappa shape index (κ2) is 6.60. The first kappa shape index (κ1) is 16.7. The maximum atomic E-state index is 13.4. The van der Waals surface area contributed by atoms with Crippen molar-refractivity contribution in [2.75, 3.05) is 32.0 Å². The van der Waals surface area contributed by atoms with Gasteiger partial charge in [0.1, 0.15) is 5.82 Å². The van der Waals surface area contributed by atoms with Gasteiger partial charge in [0.15, 0.2) is 0 Å². The Balaban J connectivity index is 2.32. The van der Waals surface area contributed by atoms with Crippen LogP contribution in [0.1, 0.15) is 13.3 Å². The Morgan fingerprint density at radius 2 is 2.24 bits per heavy atom. The number of hydrogen-bond acceptors (Lipinski definition) is 4. The van der Waals surface area contributed by atoms with E-state index in [1.807, 2.05) is 0 Å². The number of hydrogen-bond donors (Lipinski definition) is 1. The highest BCUT2D eigenvalue weighted by atomic mass is 79.9. The fourth-order valence-electron chi connectivity index (χ4n) is 2.29. The monoisotopic (exact) mass is 380 g/mol. The average Bonchev–Trinajstić information content (AvgIpc) is 2.92. The lowest BCUT2D eigenvalue weighted by atomic mass is 10.1. The normalized spacial score (nSPS) is 19.3. The highest BCUT2D eigenvalue weighted by Gasteiger charge is 2.29. The first-order valence-electron chi connectivity index (χ1n) is 6.68. The Kier molecular flexibility index (Phi) is 5.24. The van der Waals surface area contributed by atoms with E-state index in [0.717, 1.165) is 18.6 Å². The molecule has 0 spiro atoms. The minimum Gasteiger partial charge on any atom is -0.396 e. The van der Waals surface area contributed by atoms with Crippen LogP contribution in [-0.2, 0) is 14.8 Å². The Morgan fingerprint density at radius 1 is 1.52 bits per heavy atom. The molecule has 0 amide bonds. The van der Waals surface area contributed by atoms with Gasteiger partial charge in [-0.25, -0.2) is 12.8 Å². The summed E-state index contributed by atoms with van der Waals surface area (Å²) in [5.41, 5.74) is 5.31. The second-order valence-electron chi connectivity index (χ2n) is 4.99. The fraction of sp³-hybridized carbons (Fsp3) is 0.538. The first-order chi connectivity index (χ1) is 9.86. The number of sulfonamides is 1. The summed E-state index contributed by atoms with van der Waals surface area (Å²) < 4.78 is 45.6. The lowest BCUT2D eigenvalue weighted by Gasteiger charge is -2.24. The van der Waals surface area contributed by atoms with E-state index in [4.69, 9.17) is 10.5 Å². The summed E-state index contributed by atoms with van der Waals surface area (Å²) in [6.07, 6.45) is 0.846. The molecule has 1 aromatic carbocycles. The van der Waals surface area contributed by atoms with Gasteiger partial charge in [-0.05, 0) is 40.4 Å². The number of anilines is 1. The third-order valence-electron chi connectivity index (χ3n) is 3.51. The zero-order valence-electron chi connectivity index (χ0n) is 11.7. The predicted octanol–water partition coefficient (Wildman–Crippen LogP) is 2.22. The number of halogens is 2. The van der Waals surface area contributed by atoms with Crippen LogP contribution in [0.2, 0.25) is 0 Å². The van der Waals surface area contributed by atoms with Crippen LogP contribution in [0.3, 0.4) is 0 Å². The van der Waals surface area contributed by atoms with Gasteiger partial charge < -0.3 is 10.5 Å². The maximum absolute atomic E-state index is 13.4. The zero-order chi connectivity index (χ0) is 15.6. The minimum absolute atomic E-state index is 0.0119. The van der Waals surface area contributed by atoms with E-state index in [1.165, 1.54) is 4.31 Å². The van der Waals surface area contributed by atoms with Crippen LogP contribution in [0, 0.1) is 11.7 Å². The molecule has 0 radical (unpaired) electrons. The average molecular weight is 381 g/mol. The number of ether oxygens (including phenoxy) is 1. The molecular formula is C13H18BrFN2O3S. The Hall–Kier alpha value is -0.700. The van der Waals surface area contributed by atoms with Crippen LogP contribution in [0.25, 0.3) is 0 Å². The summed E-state index contributed by atoms with van der Waals surface area (Å²) >= 11 is 3.10.